The van der Waals surface area contributed by atoms with Crippen LogP contribution in [0.2, 0.25) is 0 Å². The SMILES string of the molecule is O=[N+]([O-])c1ccc(Oc2ccc(Oc3ccc(Oc4ccc(Oc5ccc(Oc6ccc([N+](=O)[O-])cc6)cc5)cc4)cc3)cc2)cc1. The first kappa shape index (κ1) is 30.2. The summed E-state index contributed by atoms with van der Waals surface area (Å²) in [6.45, 7) is 0. The van der Waals surface area contributed by atoms with E-state index in [0.29, 0.717) is 57.5 Å². The molecule has 11 nitrogen and oxygen atoms in total. The highest BCUT2D eigenvalue weighted by molar-refractivity contribution is 5.44. The fraction of sp³-hybridized carbons (Fsp3) is 0. The number of ether oxygens (including phenoxy) is 5. The second-order valence-electron chi connectivity index (χ2n) is 9.90. The monoisotopic (exact) mass is 628 g/mol. The van der Waals surface area contributed by atoms with Gasteiger partial charge in [-0.15, -0.1) is 0 Å². The molecule has 0 spiro atoms. The molecule has 0 unspecified atom stereocenters. The van der Waals surface area contributed by atoms with Crippen LogP contribution in [0.15, 0.2) is 146 Å². The molecule has 0 bridgehead atoms. The summed E-state index contributed by atoms with van der Waals surface area (Å²) in [6.07, 6.45) is 0. The molecule has 0 heterocycles. The fourth-order valence-corrected chi connectivity index (χ4v) is 4.26. The minimum absolute atomic E-state index is 0.00276. The summed E-state index contributed by atoms with van der Waals surface area (Å²) in [4.78, 5) is 20.7. The van der Waals surface area contributed by atoms with Crippen molar-refractivity contribution in [2.75, 3.05) is 0 Å². The molecule has 11 heteroatoms. The van der Waals surface area contributed by atoms with E-state index in [1.165, 1.54) is 24.3 Å². The van der Waals surface area contributed by atoms with E-state index >= 15 is 0 Å². The van der Waals surface area contributed by atoms with Crippen LogP contribution in [-0.4, -0.2) is 9.85 Å². The van der Waals surface area contributed by atoms with Gasteiger partial charge >= 0.3 is 0 Å². The molecule has 0 aromatic heterocycles. The number of nitro benzene ring substituents is 2. The Balaban J connectivity index is 0.975. The zero-order chi connectivity index (χ0) is 32.6. The van der Waals surface area contributed by atoms with Crippen LogP contribution in [0.25, 0.3) is 0 Å². The maximum atomic E-state index is 10.8. The molecule has 0 fully saturated rings. The number of hydrogen-bond acceptors (Lipinski definition) is 9. The molecule has 0 atom stereocenters. The summed E-state index contributed by atoms with van der Waals surface area (Å²) in [5, 5.41) is 21.6. The van der Waals surface area contributed by atoms with E-state index < -0.39 is 9.85 Å². The smallest absolute Gasteiger partial charge is 0.269 e. The second-order valence-corrected chi connectivity index (χ2v) is 9.90. The average molecular weight is 629 g/mol. The van der Waals surface area contributed by atoms with Crippen molar-refractivity contribution < 1.29 is 33.5 Å². The summed E-state index contributed by atoms with van der Waals surface area (Å²) in [6, 6.07) is 40.1. The third kappa shape index (κ3) is 8.19. The number of nitrogens with zero attached hydrogens (tertiary/aromatic N) is 2. The maximum Gasteiger partial charge on any atom is 0.269 e. The molecule has 0 aliphatic heterocycles. The molecule has 0 radical (unpaired) electrons. The Morgan fingerprint density at radius 2 is 0.404 bits per heavy atom. The first-order valence-electron chi connectivity index (χ1n) is 14.1. The van der Waals surface area contributed by atoms with Crippen LogP contribution in [0.5, 0.6) is 57.5 Å². The molecule has 0 aliphatic carbocycles. The molecule has 0 aliphatic rings. The van der Waals surface area contributed by atoms with Crippen molar-refractivity contribution in [2.45, 2.75) is 0 Å². The largest absolute Gasteiger partial charge is 0.457 e. The third-order valence-corrected chi connectivity index (χ3v) is 6.57. The van der Waals surface area contributed by atoms with Crippen LogP contribution in [0.1, 0.15) is 0 Å². The highest BCUT2D eigenvalue weighted by Gasteiger charge is 2.08. The van der Waals surface area contributed by atoms with Crippen LogP contribution in [0, 0.1) is 20.2 Å². The molecule has 6 rings (SSSR count). The van der Waals surface area contributed by atoms with Gasteiger partial charge in [-0.3, -0.25) is 20.2 Å². The predicted octanol–water partition coefficient (Wildman–Crippen LogP) is 10.5. The maximum absolute atomic E-state index is 10.8. The van der Waals surface area contributed by atoms with Gasteiger partial charge in [-0.25, -0.2) is 0 Å². The first-order valence-corrected chi connectivity index (χ1v) is 14.1. The highest BCUT2D eigenvalue weighted by Crippen LogP contribution is 2.32. The summed E-state index contributed by atoms with van der Waals surface area (Å²) in [5.74, 6) is 5.82. The van der Waals surface area contributed by atoms with Crippen molar-refractivity contribution in [3.8, 4) is 57.5 Å². The van der Waals surface area contributed by atoms with Crippen molar-refractivity contribution in [3.05, 3.63) is 166 Å². The van der Waals surface area contributed by atoms with Gasteiger partial charge in [0.25, 0.3) is 11.4 Å². The number of rotatable bonds is 12. The van der Waals surface area contributed by atoms with E-state index in [1.807, 2.05) is 0 Å². The van der Waals surface area contributed by atoms with E-state index in [1.54, 1.807) is 121 Å². The Morgan fingerprint density at radius 3 is 0.532 bits per heavy atom. The summed E-state index contributed by atoms with van der Waals surface area (Å²) in [5.41, 5.74) is -0.00551. The van der Waals surface area contributed by atoms with Crippen molar-refractivity contribution >= 4 is 11.4 Å². The third-order valence-electron chi connectivity index (χ3n) is 6.57. The van der Waals surface area contributed by atoms with Crippen molar-refractivity contribution in [1.29, 1.82) is 0 Å². The van der Waals surface area contributed by atoms with Crippen molar-refractivity contribution in [1.82, 2.24) is 0 Å². The van der Waals surface area contributed by atoms with E-state index in [-0.39, 0.29) is 11.4 Å². The van der Waals surface area contributed by atoms with Gasteiger partial charge in [-0.1, -0.05) is 0 Å². The molecule has 0 amide bonds. The van der Waals surface area contributed by atoms with Gasteiger partial charge in [0.05, 0.1) is 9.85 Å². The summed E-state index contributed by atoms with van der Waals surface area (Å²) in [7, 11) is 0. The van der Waals surface area contributed by atoms with Crippen LogP contribution in [-0.2, 0) is 0 Å². The summed E-state index contributed by atoms with van der Waals surface area (Å²) < 4.78 is 29.3. The van der Waals surface area contributed by atoms with Crippen molar-refractivity contribution in [2.24, 2.45) is 0 Å². The lowest BCUT2D eigenvalue weighted by molar-refractivity contribution is -0.385. The van der Waals surface area contributed by atoms with Gasteiger partial charge in [0, 0.05) is 24.3 Å². The van der Waals surface area contributed by atoms with Crippen LogP contribution < -0.4 is 23.7 Å². The Kier molecular flexibility index (Phi) is 8.87. The molecule has 0 saturated heterocycles. The number of benzene rings is 6. The Bertz CT molecular complexity index is 1820. The minimum atomic E-state index is -0.461. The number of nitro groups is 2. The van der Waals surface area contributed by atoms with Crippen molar-refractivity contribution in [3.63, 3.8) is 0 Å². The Morgan fingerprint density at radius 1 is 0.277 bits per heavy atom. The summed E-state index contributed by atoms with van der Waals surface area (Å²) >= 11 is 0. The fourth-order valence-electron chi connectivity index (χ4n) is 4.26. The van der Waals surface area contributed by atoms with Gasteiger partial charge < -0.3 is 23.7 Å². The first-order chi connectivity index (χ1) is 22.9. The molecule has 6 aromatic carbocycles. The quantitative estimate of drug-likeness (QED) is 0.0958. The van der Waals surface area contributed by atoms with Gasteiger partial charge in [-0.05, 0) is 121 Å². The van der Waals surface area contributed by atoms with E-state index in [9.17, 15) is 20.2 Å². The lowest BCUT2D eigenvalue weighted by atomic mass is 10.3. The van der Waals surface area contributed by atoms with Gasteiger partial charge in [0.2, 0.25) is 0 Å². The normalized spacial score (nSPS) is 10.5. The molecule has 47 heavy (non-hydrogen) atoms. The highest BCUT2D eigenvalue weighted by atomic mass is 16.6. The van der Waals surface area contributed by atoms with Crippen LogP contribution >= 0.6 is 0 Å². The zero-order valence-corrected chi connectivity index (χ0v) is 24.4. The van der Waals surface area contributed by atoms with E-state index in [4.69, 9.17) is 23.7 Å². The number of hydrogen-bond donors (Lipinski definition) is 0. The predicted molar refractivity (Wildman–Crippen MR) is 172 cm³/mol. The van der Waals surface area contributed by atoms with Crippen LogP contribution in [0.3, 0.4) is 0 Å². The zero-order valence-electron chi connectivity index (χ0n) is 24.4. The lowest BCUT2D eigenvalue weighted by Gasteiger charge is -2.11. The van der Waals surface area contributed by atoms with Gasteiger partial charge in [0.1, 0.15) is 57.5 Å². The average Bonchev–Trinajstić information content (AvgIpc) is 3.09. The van der Waals surface area contributed by atoms with Crippen LogP contribution in [0.4, 0.5) is 11.4 Å². The molecule has 6 aromatic rings. The molecule has 0 saturated carbocycles. The number of non-ortho nitro benzene ring substituents is 2. The topological polar surface area (TPSA) is 132 Å². The van der Waals surface area contributed by atoms with E-state index in [0.717, 1.165) is 0 Å². The molecule has 0 N–H and O–H groups in total. The minimum Gasteiger partial charge on any atom is -0.457 e. The van der Waals surface area contributed by atoms with Gasteiger partial charge in [0.15, 0.2) is 0 Å². The van der Waals surface area contributed by atoms with Gasteiger partial charge in [-0.2, -0.15) is 0 Å². The van der Waals surface area contributed by atoms with E-state index in [2.05, 4.69) is 0 Å². The molecule has 232 valence electrons. The Hall–Kier alpha value is -6.88. The standard InChI is InChI=1S/C36H24N2O9/c39-37(40)25-1-5-27(6-2-25)43-29-9-13-31(14-10-29)45-33-17-21-35(22-18-33)47-36-23-19-34(20-24-36)46-32-15-11-30(12-16-32)44-28-7-3-26(4-8-28)38(41)42/h1-24H. The molecular weight excluding hydrogens is 604 g/mol. The second kappa shape index (κ2) is 13.8. The Labute approximate surface area is 268 Å². The lowest BCUT2D eigenvalue weighted by Crippen LogP contribution is -1.89. The molecular formula is C36H24N2O9.